The Hall–Kier alpha value is -0.570. The summed E-state index contributed by atoms with van der Waals surface area (Å²) in [6.45, 7) is 4.59. The summed E-state index contributed by atoms with van der Waals surface area (Å²) in [7, 11) is 0. The van der Waals surface area contributed by atoms with Gasteiger partial charge in [0.2, 0.25) is 5.91 Å². The number of carbonyl (C=O) groups excluding carboxylic acids is 1. The van der Waals surface area contributed by atoms with Crippen LogP contribution in [0.2, 0.25) is 0 Å². The maximum atomic E-state index is 11.8. The largest absolute Gasteiger partial charge is 0.352 e. The van der Waals surface area contributed by atoms with Crippen molar-refractivity contribution in [3.63, 3.8) is 0 Å². The molecule has 0 radical (unpaired) electrons. The van der Waals surface area contributed by atoms with Gasteiger partial charge in [0, 0.05) is 6.04 Å². The van der Waals surface area contributed by atoms with Gasteiger partial charge in [-0.15, -0.1) is 0 Å². The molecule has 2 aliphatic carbocycles. The maximum Gasteiger partial charge on any atom is 0.240 e. The monoisotopic (exact) mass is 224 g/mol. The normalized spacial score (nSPS) is 32.5. The van der Waals surface area contributed by atoms with Crippen LogP contribution in [0.15, 0.2) is 0 Å². The van der Waals surface area contributed by atoms with Gasteiger partial charge in [-0.3, -0.25) is 4.79 Å². The summed E-state index contributed by atoms with van der Waals surface area (Å²) in [5.74, 6) is 1.71. The van der Waals surface area contributed by atoms with Crippen molar-refractivity contribution in [3.8, 4) is 0 Å². The first-order valence-corrected chi connectivity index (χ1v) is 6.61. The zero-order chi connectivity index (χ0) is 11.8. The molecule has 0 aliphatic heterocycles. The highest BCUT2D eigenvalue weighted by Gasteiger charge is 2.46. The SMILES string of the molecule is CC(C)[C@H]1CC[C@H](NC(=O)C2(N)CC2)CC1. The summed E-state index contributed by atoms with van der Waals surface area (Å²) in [4.78, 5) is 11.8. The number of nitrogens with two attached hydrogens (primary N) is 1. The van der Waals surface area contributed by atoms with Gasteiger partial charge in [0.05, 0.1) is 5.54 Å². The second-order valence-electron chi connectivity index (χ2n) is 5.99. The van der Waals surface area contributed by atoms with E-state index in [4.69, 9.17) is 5.73 Å². The highest BCUT2D eigenvalue weighted by atomic mass is 16.2. The van der Waals surface area contributed by atoms with E-state index in [1.54, 1.807) is 0 Å². The van der Waals surface area contributed by atoms with Crippen molar-refractivity contribution in [2.75, 3.05) is 0 Å². The number of hydrogen-bond donors (Lipinski definition) is 2. The van der Waals surface area contributed by atoms with E-state index in [0.29, 0.717) is 6.04 Å². The van der Waals surface area contributed by atoms with E-state index in [1.807, 2.05) is 0 Å². The fourth-order valence-electron chi connectivity index (χ4n) is 2.62. The molecule has 3 N–H and O–H groups in total. The summed E-state index contributed by atoms with van der Waals surface area (Å²) >= 11 is 0. The van der Waals surface area contributed by atoms with Crippen molar-refractivity contribution in [2.24, 2.45) is 17.6 Å². The Balaban J connectivity index is 1.75. The van der Waals surface area contributed by atoms with Gasteiger partial charge in [-0.2, -0.15) is 0 Å². The molecule has 0 saturated heterocycles. The van der Waals surface area contributed by atoms with Gasteiger partial charge in [0.1, 0.15) is 0 Å². The molecule has 16 heavy (non-hydrogen) atoms. The van der Waals surface area contributed by atoms with Gasteiger partial charge >= 0.3 is 0 Å². The molecule has 2 fully saturated rings. The minimum Gasteiger partial charge on any atom is -0.352 e. The summed E-state index contributed by atoms with van der Waals surface area (Å²) < 4.78 is 0. The fourth-order valence-corrected chi connectivity index (χ4v) is 2.62. The number of carbonyl (C=O) groups is 1. The Morgan fingerprint density at radius 2 is 1.81 bits per heavy atom. The molecule has 0 aromatic carbocycles. The molecule has 0 spiro atoms. The van der Waals surface area contributed by atoms with Crippen molar-refractivity contribution >= 4 is 5.91 Å². The lowest BCUT2D eigenvalue weighted by Gasteiger charge is -2.31. The highest BCUT2D eigenvalue weighted by molar-refractivity contribution is 5.89. The van der Waals surface area contributed by atoms with Crippen molar-refractivity contribution < 1.29 is 4.79 Å². The van der Waals surface area contributed by atoms with Crippen molar-refractivity contribution in [1.82, 2.24) is 5.32 Å². The standard InChI is InChI=1S/C13H24N2O/c1-9(2)10-3-5-11(6-4-10)15-12(16)13(14)7-8-13/h9-11H,3-8,14H2,1-2H3,(H,15,16)/t10-,11-. The molecule has 2 saturated carbocycles. The molecule has 92 valence electrons. The predicted molar refractivity (Wildman–Crippen MR) is 64.9 cm³/mol. The molecule has 2 rings (SSSR count). The average molecular weight is 224 g/mol. The van der Waals surface area contributed by atoms with Crippen LogP contribution in [0.5, 0.6) is 0 Å². The Morgan fingerprint density at radius 1 is 1.25 bits per heavy atom. The molecule has 0 aromatic heterocycles. The zero-order valence-corrected chi connectivity index (χ0v) is 10.5. The molecule has 3 heteroatoms. The van der Waals surface area contributed by atoms with Crippen molar-refractivity contribution in [3.05, 3.63) is 0 Å². The highest BCUT2D eigenvalue weighted by Crippen LogP contribution is 2.34. The molecular weight excluding hydrogens is 200 g/mol. The van der Waals surface area contributed by atoms with Gasteiger partial charge < -0.3 is 11.1 Å². The van der Waals surface area contributed by atoms with E-state index in [0.717, 1.165) is 37.5 Å². The van der Waals surface area contributed by atoms with E-state index >= 15 is 0 Å². The second-order valence-corrected chi connectivity index (χ2v) is 5.99. The molecular formula is C13H24N2O. The molecule has 0 bridgehead atoms. The van der Waals surface area contributed by atoms with E-state index in [-0.39, 0.29) is 5.91 Å². The van der Waals surface area contributed by atoms with Crippen LogP contribution in [0.3, 0.4) is 0 Å². The van der Waals surface area contributed by atoms with Gasteiger partial charge in [0.15, 0.2) is 0 Å². The van der Waals surface area contributed by atoms with E-state index in [9.17, 15) is 4.79 Å². The van der Waals surface area contributed by atoms with Gasteiger partial charge in [-0.1, -0.05) is 13.8 Å². The summed E-state index contributed by atoms with van der Waals surface area (Å²) in [5.41, 5.74) is 5.37. The van der Waals surface area contributed by atoms with E-state index in [1.165, 1.54) is 12.8 Å². The first kappa shape index (κ1) is 11.9. The Bertz CT molecular complexity index is 263. The smallest absolute Gasteiger partial charge is 0.240 e. The lowest BCUT2D eigenvalue weighted by Crippen LogP contribution is -2.48. The van der Waals surface area contributed by atoms with Crippen LogP contribution in [0.25, 0.3) is 0 Å². The first-order chi connectivity index (χ1) is 7.51. The molecule has 0 aromatic rings. The quantitative estimate of drug-likeness (QED) is 0.768. The summed E-state index contributed by atoms with van der Waals surface area (Å²) in [6.07, 6.45) is 6.48. The minimum absolute atomic E-state index is 0.0838. The van der Waals surface area contributed by atoms with Gasteiger partial charge in [-0.25, -0.2) is 0 Å². The summed E-state index contributed by atoms with van der Waals surface area (Å²) in [5, 5.41) is 3.12. The van der Waals surface area contributed by atoms with Crippen LogP contribution >= 0.6 is 0 Å². The first-order valence-electron chi connectivity index (χ1n) is 6.61. The van der Waals surface area contributed by atoms with Gasteiger partial charge in [0.25, 0.3) is 0 Å². The third-order valence-electron chi connectivity index (χ3n) is 4.29. The molecule has 2 aliphatic rings. The Labute approximate surface area is 98.2 Å². The average Bonchev–Trinajstić information content (AvgIpc) is 2.99. The lowest BCUT2D eigenvalue weighted by molar-refractivity contribution is -0.124. The number of hydrogen-bond acceptors (Lipinski definition) is 2. The topological polar surface area (TPSA) is 55.1 Å². The molecule has 0 unspecified atom stereocenters. The molecule has 1 amide bonds. The number of amides is 1. The van der Waals surface area contributed by atoms with Gasteiger partial charge in [-0.05, 0) is 50.4 Å². The summed E-state index contributed by atoms with van der Waals surface area (Å²) in [6, 6.07) is 0.378. The Morgan fingerprint density at radius 3 is 2.25 bits per heavy atom. The third kappa shape index (κ3) is 2.57. The van der Waals surface area contributed by atoms with Crippen LogP contribution in [-0.4, -0.2) is 17.5 Å². The van der Waals surface area contributed by atoms with E-state index < -0.39 is 5.54 Å². The molecule has 0 atom stereocenters. The third-order valence-corrected chi connectivity index (χ3v) is 4.29. The molecule has 0 heterocycles. The van der Waals surface area contributed by atoms with Crippen LogP contribution in [0, 0.1) is 11.8 Å². The maximum absolute atomic E-state index is 11.8. The van der Waals surface area contributed by atoms with E-state index in [2.05, 4.69) is 19.2 Å². The lowest BCUT2D eigenvalue weighted by atomic mass is 9.79. The van der Waals surface area contributed by atoms with Crippen molar-refractivity contribution in [1.29, 1.82) is 0 Å². The second kappa shape index (κ2) is 4.36. The Kier molecular flexibility index (Phi) is 3.24. The zero-order valence-electron chi connectivity index (χ0n) is 10.5. The van der Waals surface area contributed by atoms with Crippen LogP contribution in [0.1, 0.15) is 52.4 Å². The van der Waals surface area contributed by atoms with Crippen LogP contribution in [-0.2, 0) is 4.79 Å². The number of rotatable bonds is 3. The van der Waals surface area contributed by atoms with Crippen molar-refractivity contribution in [2.45, 2.75) is 64.0 Å². The molecule has 3 nitrogen and oxygen atoms in total. The minimum atomic E-state index is -0.505. The van der Waals surface area contributed by atoms with Crippen LogP contribution < -0.4 is 11.1 Å². The predicted octanol–water partition coefficient (Wildman–Crippen LogP) is 1.81. The number of nitrogens with one attached hydrogen (secondary N) is 1. The fraction of sp³-hybridized carbons (Fsp3) is 0.923. The van der Waals surface area contributed by atoms with Crippen LogP contribution in [0.4, 0.5) is 0 Å².